The number of carbonyl (C=O) groups is 1. The third-order valence-corrected chi connectivity index (χ3v) is 5.37. The van der Waals surface area contributed by atoms with E-state index in [1.165, 1.54) is 24.0 Å². The normalized spacial score (nSPS) is 23.3. The Morgan fingerprint density at radius 2 is 2.24 bits per heavy atom. The Morgan fingerprint density at radius 1 is 1.33 bits per heavy atom. The number of hydrogen-bond acceptors (Lipinski definition) is 2. The van der Waals surface area contributed by atoms with Crippen molar-refractivity contribution in [3.8, 4) is 0 Å². The molecule has 2 aliphatic rings. The molecule has 3 nitrogen and oxygen atoms in total. The highest BCUT2D eigenvalue weighted by Gasteiger charge is 2.19. The Bertz CT molecular complexity index is 512. The summed E-state index contributed by atoms with van der Waals surface area (Å²) in [5.41, 5.74) is 3.56. The van der Waals surface area contributed by atoms with Gasteiger partial charge in [0.25, 0.3) is 0 Å². The molecule has 1 aromatic rings. The molecule has 2 unspecified atom stereocenters. The van der Waals surface area contributed by atoms with Crippen LogP contribution in [-0.2, 0) is 16.0 Å². The highest BCUT2D eigenvalue weighted by atomic mass is 79.9. The van der Waals surface area contributed by atoms with Gasteiger partial charge in [0.1, 0.15) is 0 Å². The summed E-state index contributed by atoms with van der Waals surface area (Å²) in [5, 5.41) is 2.99. The fourth-order valence-corrected chi connectivity index (χ4v) is 3.71. The van der Waals surface area contributed by atoms with Crippen molar-refractivity contribution in [3.05, 3.63) is 29.3 Å². The standard InChI is InChI=1S/C17H22BrNO2/c18-15(8-7-14-4-2-10-21-14)12-6-9-16-13(11-12)3-1-5-17(20)19-16/h6,9,11,14-15H,1-5,7-8,10H2,(H,19,20). The van der Waals surface area contributed by atoms with E-state index in [4.69, 9.17) is 4.74 Å². The number of fused-ring (bicyclic) bond motifs is 1. The Labute approximate surface area is 134 Å². The molecule has 0 saturated carbocycles. The maximum atomic E-state index is 11.6. The number of ether oxygens (including phenoxy) is 1. The monoisotopic (exact) mass is 351 g/mol. The molecule has 1 amide bonds. The topological polar surface area (TPSA) is 38.3 Å². The zero-order valence-corrected chi connectivity index (χ0v) is 13.8. The summed E-state index contributed by atoms with van der Waals surface area (Å²) < 4.78 is 5.69. The van der Waals surface area contributed by atoms with Crippen LogP contribution >= 0.6 is 15.9 Å². The largest absolute Gasteiger partial charge is 0.378 e. The SMILES string of the molecule is O=C1CCCc2cc(C(Br)CCC3CCCO3)ccc2N1. The number of benzene rings is 1. The second kappa shape index (κ2) is 6.93. The predicted molar refractivity (Wildman–Crippen MR) is 87.9 cm³/mol. The minimum absolute atomic E-state index is 0.135. The van der Waals surface area contributed by atoms with Crippen molar-refractivity contribution in [1.82, 2.24) is 0 Å². The van der Waals surface area contributed by atoms with Gasteiger partial charge >= 0.3 is 0 Å². The quantitative estimate of drug-likeness (QED) is 0.818. The molecule has 114 valence electrons. The fraction of sp³-hybridized carbons (Fsp3) is 0.588. The van der Waals surface area contributed by atoms with E-state index >= 15 is 0 Å². The Hall–Kier alpha value is -0.870. The summed E-state index contributed by atoms with van der Waals surface area (Å²) in [7, 11) is 0. The van der Waals surface area contributed by atoms with Crippen molar-refractivity contribution in [2.45, 2.75) is 55.9 Å². The smallest absolute Gasteiger partial charge is 0.224 e. The van der Waals surface area contributed by atoms with Crippen molar-refractivity contribution in [2.24, 2.45) is 0 Å². The molecule has 4 heteroatoms. The molecule has 1 aromatic carbocycles. The maximum absolute atomic E-state index is 11.6. The highest BCUT2D eigenvalue weighted by Crippen LogP contribution is 2.33. The van der Waals surface area contributed by atoms with Gasteiger partial charge in [0.2, 0.25) is 5.91 Å². The van der Waals surface area contributed by atoms with Crippen molar-refractivity contribution in [3.63, 3.8) is 0 Å². The zero-order chi connectivity index (χ0) is 14.7. The van der Waals surface area contributed by atoms with Gasteiger partial charge in [-0.25, -0.2) is 0 Å². The molecule has 0 aliphatic carbocycles. The summed E-state index contributed by atoms with van der Waals surface area (Å²) in [6, 6.07) is 6.42. The van der Waals surface area contributed by atoms with Crippen LogP contribution in [-0.4, -0.2) is 18.6 Å². The number of hydrogen-bond donors (Lipinski definition) is 1. The van der Waals surface area contributed by atoms with Gasteiger partial charge in [0.15, 0.2) is 0 Å². The van der Waals surface area contributed by atoms with Crippen LogP contribution in [0.3, 0.4) is 0 Å². The van der Waals surface area contributed by atoms with E-state index in [1.54, 1.807) is 0 Å². The molecule has 3 rings (SSSR count). The minimum Gasteiger partial charge on any atom is -0.378 e. The molecule has 21 heavy (non-hydrogen) atoms. The third kappa shape index (κ3) is 3.86. The lowest BCUT2D eigenvalue weighted by Gasteiger charge is -2.16. The highest BCUT2D eigenvalue weighted by molar-refractivity contribution is 9.09. The van der Waals surface area contributed by atoms with Crippen molar-refractivity contribution in [2.75, 3.05) is 11.9 Å². The lowest BCUT2D eigenvalue weighted by molar-refractivity contribution is -0.116. The van der Waals surface area contributed by atoms with Gasteiger partial charge in [0, 0.05) is 23.5 Å². The van der Waals surface area contributed by atoms with Crippen molar-refractivity contribution in [1.29, 1.82) is 0 Å². The van der Waals surface area contributed by atoms with Crippen LogP contribution in [0.4, 0.5) is 5.69 Å². The van der Waals surface area contributed by atoms with Gasteiger partial charge in [0.05, 0.1) is 6.10 Å². The number of nitrogens with one attached hydrogen (secondary N) is 1. The van der Waals surface area contributed by atoms with Gasteiger partial charge in [-0.05, 0) is 55.7 Å². The van der Waals surface area contributed by atoms with Crippen LogP contribution in [0, 0.1) is 0 Å². The summed E-state index contributed by atoms with van der Waals surface area (Å²) in [4.78, 5) is 11.9. The summed E-state index contributed by atoms with van der Waals surface area (Å²) in [6.45, 7) is 0.927. The summed E-state index contributed by atoms with van der Waals surface area (Å²) in [6.07, 6.45) is 7.61. The van der Waals surface area contributed by atoms with Crippen LogP contribution in [0.15, 0.2) is 18.2 Å². The number of aryl methyl sites for hydroxylation is 1. The van der Waals surface area contributed by atoms with Crippen LogP contribution in [0.5, 0.6) is 0 Å². The zero-order valence-electron chi connectivity index (χ0n) is 12.2. The average Bonchev–Trinajstić information content (AvgIpc) is 2.92. The van der Waals surface area contributed by atoms with E-state index in [9.17, 15) is 4.79 Å². The first-order valence-electron chi connectivity index (χ1n) is 7.91. The van der Waals surface area contributed by atoms with E-state index in [-0.39, 0.29) is 5.91 Å². The van der Waals surface area contributed by atoms with E-state index in [0.717, 1.165) is 38.0 Å². The first-order chi connectivity index (χ1) is 10.2. The van der Waals surface area contributed by atoms with Gasteiger partial charge < -0.3 is 10.1 Å². The van der Waals surface area contributed by atoms with Crippen LogP contribution in [0.25, 0.3) is 0 Å². The number of amides is 1. The van der Waals surface area contributed by atoms with Gasteiger partial charge in [-0.1, -0.05) is 28.1 Å². The van der Waals surface area contributed by atoms with E-state index in [1.807, 2.05) is 6.07 Å². The molecule has 2 heterocycles. The number of halogens is 1. The number of rotatable bonds is 4. The Balaban J connectivity index is 1.64. The number of anilines is 1. The third-order valence-electron chi connectivity index (χ3n) is 4.38. The van der Waals surface area contributed by atoms with Crippen LogP contribution in [0.2, 0.25) is 0 Å². The fourth-order valence-electron chi connectivity index (χ4n) is 3.16. The van der Waals surface area contributed by atoms with E-state index in [2.05, 4.69) is 33.4 Å². The van der Waals surface area contributed by atoms with Gasteiger partial charge in [-0.2, -0.15) is 0 Å². The molecular weight excluding hydrogens is 330 g/mol. The second-order valence-electron chi connectivity index (χ2n) is 6.00. The number of carbonyl (C=O) groups excluding carboxylic acids is 1. The second-order valence-corrected chi connectivity index (χ2v) is 7.10. The van der Waals surface area contributed by atoms with Gasteiger partial charge in [-0.3, -0.25) is 4.79 Å². The molecule has 1 saturated heterocycles. The molecule has 1 fully saturated rings. The van der Waals surface area contributed by atoms with E-state index < -0.39 is 0 Å². The molecule has 0 bridgehead atoms. The van der Waals surface area contributed by atoms with E-state index in [0.29, 0.717) is 17.4 Å². The van der Waals surface area contributed by atoms with Gasteiger partial charge in [-0.15, -0.1) is 0 Å². The van der Waals surface area contributed by atoms with Crippen LogP contribution in [0.1, 0.15) is 54.5 Å². The molecule has 2 atom stereocenters. The lowest BCUT2D eigenvalue weighted by Crippen LogP contribution is -2.09. The van der Waals surface area contributed by atoms with Crippen LogP contribution < -0.4 is 5.32 Å². The lowest BCUT2D eigenvalue weighted by atomic mass is 10.00. The average molecular weight is 352 g/mol. The molecule has 1 N–H and O–H groups in total. The predicted octanol–water partition coefficient (Wildman–Crippen LogP) is 4.36. The maximum Gasteiger partial charge on any atom is 0.224 e. The molecule has 2 aliphatic heterocycles. The minimum atomic E-state index is 0.135. The number of alkyl halides is 1. The molecule has 0 spiro atoms. The molecule has 0 aromatic heterocycles. The first-order valence-corrected chi connectivity index (χ1v) is 8.82. The first kappa shape index (κ1) is 15.0. The molecular formula is C17H22BrNO2. The Kier molecular flexibility index (Phi) is 4.96. The van der Waals surface area contributed by atoms with Crippen molar-refractivity contribution >= 4 is 27.5 Å². The summed E-state index contributed by atoms with van der Waals surface area (Å²) >= 11 is 3.81. The Morgan fingerprint density at radius 3 is 3.05 bits per heavy atom. The van der Waals surface area contributed by atoms with Crippen molar-refractivity contribution < 1.29 is 9.53 Å². The molecule has 0 radical (unpaired) electrons. The summed E-state index contributed by atoms with van der Waals surface area (Å²) in [5.74, 6) is 0.135.